The van der Waals surface area contributed by atoms with Gasteiger partial charge in [-0.1, -0.05) is 13.8 Å². The maximum absolute atomic E-state index is 12.7. The number of hydrogen-bond donors (Lipinski definition) is 1. The molecule has 4 aromatic heterocycles. The highest BCUT2D eigenvalue weighted by Gasteiger charge is 2.25. The second-order valence-corrected chi connectivity index (χ2v) is 10.8. The van der Waals surface area contributed by atoms with Gasteiger partial charge in [0.15, 0.2) is 5.65 Å². The first-order chi connectivity index (χ1) is 17.7. The number of aryl methyl sites for hydroxylation is 1. The number of piperazine rings is 1. The lowest BCUT2D eigenvalue weighted by molar-refractivity contribution is -0.132. The Hall–Kier alpha value is -3.46. The van der Waals surface area contributed by atoms with Crippen LogP contribution >= 0.6 is 0 Å². The summed E-state index contributed by atoms with van der Waals surface area (Å²) in [7, 11) is 2.00. The second-order valence-electron chi connectivity index (χ2n) is 10.8. The zero-order valence-electron chi connectivity index (χ0n) is 23.0. The van der Waals surface area contributed by atoms with Crippen molar-refractivity contribution >= 4 is 28.4 Å². The third-order valence-corrected chi connectivity index (χ3v) is 7.86. The van der Waals surface area contributed by atoms with Gasteiger partial charge in [-0.15, -0.1) is 0 Å². The Labute approximate surface area is 218 Å². The number of hydrogen-bond acceptors (Lipinski definition) is 6. The zero-order chi connectivity index (χ0) is 26.4. The number of anilines is 1. The average Bonchev–Trinajstić information content (AvgIpc) is 3.50. The van der Waals surface area contributed by atoms with Gasteiger partial charge in [-0.25, -0.2) is 14.5 Å². The second kappa shape index (κ2) is 9.78. The van der Waals surface area contributed by atoms with Crippen LogP contribution in [0.4, 0.5) is 5.82 Å². The SMILES string of the molecule is Cc1c(-c2[nH]c3ccc(N4CCN(C(=O)CN(C)C(C)C)CC4)nc3c2C(C)C)cn2ncnc2c1C. The summed E-state index contributed by atoms with van der Waals surface area (Å²) < 4.78 is 1.85. The molecule has 37 heavy (non-hydrogen) atoms. The Bertz CT molecular complexity index is 1440. The van der Waals surface area contributed by atoms with Crippen LogP contribution in [0.25, 0.3) is 27.9 Å². The van der Waals surface area contributed by atoms with E-state index in [0.29, 0.717) is 12.6 Å². The number of fused-ring (bicyclic) bond motifs is 2. The summed E-state index contributed by atoms with van der Waals surface area (Å²) in [6.45, 7) is 16.4. The quantitative estimate of drug-likeness (QED) is 0.429. The van der Waals surface area contributed by atoms with Crippen LogP contribution in [0.15, 0.2) is 24.7 Å². The number of nitrogens with one attached hydrogen (secondary N) is 1. The Morgan fingerprint density at radius 1 is 1.08 bits per heavy atom. The van der Waals surface area contributed by atoms with Gasteiger partial charge in [-0.05, 0) is 63.9 Å². The van der Waals surface area contributed by atoms with E-state index in [9.17, 15) is 4.79 Å². The van der Waals surface area contributed by atoms with Crippen molar-refractivity contribution in [1.82, 2.24) is 34.4 Å². The van der Waals surface area contributed by atoms with Gasteiger partial charge < -0.3 is 14.8 Å². The fourth-order valence-corrected chi connectivity index (χ4v) is 5.16. The van der Waals surface area contributed by atoms with Crippen molar-refractivity contribution in [2.75, 3.05) is 44.7 Å². The third-order valence-electron chi connectivity index (χ3n) is 7.86. The van der Waals surface area contributed by atoms with Crippen LogP contribution in [-0.4, -0.2) is 86.1 Å². The summed E-state index contributed by atoms with van der Waals surface area (Å²) in [4.78, 5) is 32.3. The molecular formula is C28H38N8O. The number of amides is 1. The molecule has 1 amide bonds. The van der Waals surface area contributed by atoms with Gasteiger partial charge in [0.25, 0.3) is 0 Å². The van der Waals surface area contributed by atoms with Gasteiger partial charge in [-0.3, -0.25) is 9.69 Å². The van der Waals surface area contributed by atoms with Crippen molar-refractivity contribution in [1.29, 1.82) is 0 Å². The highest BCUT2D eigenvalue weighted by molar-refractivity contribution is 5.90. The van der Waals surface area contributed by atoms with E-state index in [1.165, 1.54) is 11.1 Å². The van der Waals surface area contributed by atoms with Crippen LogP contribution in [0.3, 0.4) is 0 Å². The molecule has 0 saturated carbocycles. The molecule has 1 saturated heterocycles. The molecule has 1 aliphatic heterocycles. The van der Waals surface area contributed by atoms with Crippen molar-refractivity contribution in [3.8, 4) is 11.3 Å². The predicted molar refractivity (Wildman–Crippen MR) is 148 cm³/mol. The first kappa shape index (κ1) is 25.2. The molecule has 0 spiro atoms. The third kappa shape index (κ3) is 4.56. The molecule has 1 aliphatic rings. The normalized spacial score (nSPS) is 14.8. The summed E-state index contributed by atoms with van der Waals surface area (Å²) in [6, 6.07) is 4.58. The van der Waals surface area contributed by atoms with Crippen molar-refractivity contribution in [2.24, 2.45) is 0 Å². The molecule has 4 aromatic rings. The maximum atomic E-state index is 12.7. The molecule has 9 heteroatoms. The Morgan fingerprint density at radius 3 is 2.49 bits per heavy atom. The first-order valence-electron chi connectivity index (χ1n) is 13.2. The molecule has 5 rings (SSSR count). The zero-order valence-corrected chi connectivity index (χ0v) is 23.0. The molecule has 5 heterocycles. The topological polar surface area (TPSA) is 85.7 Å². The van der Waals surface area contributed by atoms with Crippen LogP contribution in [0.5, 0.6) is 0 Å². The lowest BCUT2D eigenvalue weighted by Crippen LogP contribution is -2.51. The molecular weight excluding hydrogens is 464 g/mol. The molecule has 0 aliphatic carbocycles. The van der Waals surface area contributed by atoms with E-state index in [2.05, 4.69) is 84.7 Å². The molecule has 196 valence electrons. The number of H-pyrrole nitrogens is 1. The number of rotatable bonds is 6. The van der Waals surface area contributed by atoms with Crippen molar-refractivity contribution < 1.29 is 4.79 Å². The number of pyridine rings is 2. The molecule has 1 N–H and O–H groups in total. The molecule has 0 unspecified atom stereocenters. The number of carbonyl (C=O) groups is 1. The van der Waals surface area contributed by atoms with E-state index >= 15 is 0 Å². The molecule has 0 radical (unpaired) electrons. The van der Waals surface area contributed by atoms with Gasteiger partial charge >= 0.3 is 0 Å². The monoisotopic (exact) mass is 502 g/mol. The number of nitrogens with zero attached hydrogens (tertiary/aromatic N) is 7. The fraction of sp³-hybridized carbons (Fsp3) is 0.500. The predicted octanol–water partition coefficient (Wildman–Crippen LogP) is 4.00. The lowest BCUT2D eigenvalue weighted by Gasteiger charge is -2.36. The lowest BCUT2D eigenvalue weighted by atomic mass is 9.95. The van der Waals surface area contributed by atoms with Gasteiger partial charge in [0.1, 0.15) is 12.1 Å². The number of likely N-dealkylation sites (N-methyl/N-ethyl adjacent to an activating group) is 1. The first-order valence-corrected chi connectivity index (χ1v) is 13.2. The van der Waals surface area contributed by atoms with E-state index < -0.39 is 0 Å². The van der Waals surface area contributed by atoms with Crippen LogP contribution in [0.1, 0.15) is 50.3 Å². The highest BCUT2D eigenvalue weighted by Crippen LogP contribution is 2.38. The van der Waals surface area contributed by atoms with Gasteiger partial charge in [0, 0.05) is 49.5 Å². The van der Waals surface area contributed by atoms with E-state index in [-0.39, 0.29) is 11.8 Å². The minimum Gasteiger partial charge on any atom is -0.353 e. The largest absolute Gasteiger partial charge is 0.353 e. The van der Waals surface area contributed by atoms with E-state index in [4.69, 9.17) is 4.98 Å². The highest BCUT2D eigenvalue weighted by atomic mass is 16.2. The Morgan fingerprint density at radius 2 is 1.81 bits per heavy atom. The van der Waals surface area contributed by atoms with Crippen molar-refractivity contribution in [3.05, 3.63) is 41.3 Å². The summed E-state index contributed by atoms with van der Waals surface area (Å²) in [5.74, 6) is 1.45. The van der Waals surface area contributed by atoms with Gasteiger partial charge in [0.05, 0.1) is 23.3 Å². The summed E-state index contributed by atoms with van der Waals surface area (Å²) in [5.41, 5.74) is 8.68. The maximum Gasteiger partial charge on any atom is 0.236 e. The van der Waals surface area contributed by atoms with Crippen molar-refractivity contribution in [2.45, 2.75) is 53.5 Å². The summed E-state index contributed by atoms with van der Waals surface area (Å²) >= 11 is 0. The van der Waals surface area contributed by atoms with Crippen LogP contribution in [-0.2, 0) is 4.79 Å². The van der Waals surface area contributed by atoms with E-state index in [1.807, 2.05) is 16.5 Å². The Balaban J connectivity index is 1.44. The van der Waals surface area contributed by atoms with Crippen molar-refractivity contribution in [3.63, 3.8) is 0 Å². The minimum atomic E-state index is 0.201. The number of carbonyl (C=O) groups excluding carboxylic acids is 1. The molecule has 0 aromatic carbocycles. The van der Waals surface area contributed by atoms with Gasteiger partial charge in [-0.2, -0.15) is 5.10 Å². The summed E-state index contributed by atoms with van der Waals surface area (Å²) in [6.07, 6.45) is 3.67. The minimum absolute atomic E-state index is 0.201. The van der Waals surface area contributed by atoms with Crippen LogP contribution in [0.2, 0.25) is 0 Å². The number of aromatic nitrogens is 5. The summed E-state index contributed by atoms with van der Waals surface area (Å²) in [5, 5.41) is 4.39. The van der Waals surface area contributed by atoms with Gasteiger partial charge in [0.2, 0.25) is 5.91 Å². The van der Waals surface area contributed by atoms with E-state index in [0.717, 1.165) is 65.5 Å². The molecule has 0 bridgehead atoms. The Kier molecular flexibility index (Phi) is 6.66. The average molecular weight is 503 g/mol. The molecule has 1 fully saturated rings. The van der Waals surface area contributed by atoms with Crippen LogP contribution in [0, 0.1) is 13.8 Å². The smallest absolute Gasteiger partial charge is 0.236 e. The molecule has 9 nitrogen and oxygen atoms in total. The fourth-order valence-electron chi connectivity index (χ4n) is 5.16. The number of aromatic amines is 1. The van der Waals surface area contributed by atoms with E-state index in [1.54, 1.807) is 6.33 Å². The van der Waals surface area contributed by atoms with Crippen LogP contribution < -0.4 is 4.90 Å². The molecule has 0 atom stereocenters. The standard InChI is InChI=1S/C28H38N8O/c1-17(2)25-26(21-14-36-28(29-16-30-36)20(6)19(21)5)31-22-8-9-23(32-27(22)25)34-10-12-35(13-11-34)24(37)15-33(7)18(3)4/h8-9,14,16-18,31H,10-13,15H2,1-7H3.